The second-order valence-electron chi connectivity index (χ2n) is 9.00. The van der Waals surface area contributed by atoms with Crippen LogP contribution >= 0.6 is 22.6 Å². The quantitative estimate of drug-likeness (QED) is 0.174. The average Bonchev–Trinajstić information content (AvgIpc) is 2.62. The van der Waals surface area contributed by atoms with Crippen molar-refractivity contribution in [3.05, 3.63) is 27.3 Å². The minimum Gasteiger partial charge on any atom is -0.371 e. The number of nitrogens with zero attached hydrogens (tertiary/aromatic N) is 1. The molecule has 28 heavy (non-hydrogen) atoms. The first-order valence-corrected chi connectivity index (χ1v) is 14.6. The molecule has 0 radical (unpaired) electrons. The number of anilines is 1. The highest BCUT2D eigenvalue weighted by molar-refractivity contribution is 14.1. The highest BCUT2D eigenvalue weighted by Gasteiger charge is 2.41. The van der Waals surface area contributed by atoms with Crippen molar-refractivity contribution >= 4 is 36.4 Å². The second-order valence-corrected chi connectivity index (χ2v) is 15.8. The molecule has 3 heteroatoms. The lowest BCUT2D eigenvalue weighted by Gasteiger charge is -2.38. The molecule has 0 heterocycles. The molecule has 158 valence electrons. The minimum atomic E-state index is -1.72. The maximum Gasteiger partial charge on any atom is 0.146 e. The van der Waals surface area contributed by atoms with Gasteiger partial charge in [-0.1, -0.05) is 74.2 Å². The largest absolute Gasteiger partial charge is 0.371 e. The van der Waals surface area contributed by atoms with Crippen LogP contribution in [0.2, 0.25) is 16.6 Å². The molecule has 1 rings (SSSR count). The van der Waals surface area contributed by atoms with Crippen molar-refractivity contribution in [2.24, 2.45) is 0 Å². The molecule has 0 spiro atoms. The summed E-state index contributed by atoms with van der Waals surface area (Å²) in [6, 6.07) is 6.85. The molecule has 0 N–H and O–H groups in total. The molecule has 0 bridgehead atoms. The van der Waals surface area contributed by atoms with Gasteiger partial charge in [0.05, 0.1) is 5.69 Å². The van der Waals surface area contributed by atoms with Crippen LogP contribution in [0.4, 0.5) is 5.69 Å². The van der Waals surface area contributed by atoms with Crippen molar-refractivity contribution in [2.45, 2.75) is 97.7 Å². The molecular formula is C25H42INSi. The molecule has 0 aliphatic rings. The molecule has 1 nitrogen and oxygen atoms in total. The van der Waals surface area contributed by atoms with Gasteiger partial charge in [-0.3, -0.25) is 0 Å². The summed E-state index contributed by atoms with van der Waals surface area (Å²) >= 11 is 2.43. The molecule has 1 aromatic rings. The monoisotopic (exact) mass is 511 g/mol. The van der Waals surface area contributed by atoms with Gasteiger partial charge in [-0.05, 0) is 70.3 Å². The molecule has 0 fully saturated rings. The van der Waals surface area contributed by atoms with E-state index in [9.17, 15) is 0 Å². The van der Waals surface area contributed by atoms with Crippen LogP contribution in [-0.4, -0.2) is 21.2 Å². The maximum absolute atomic E-state index is 3.94. The Morgan fingerprint density at radius 3 is 1.82 bits per heavy atom. The topological polar surface area (TPSA) is 3.24 Å². The van der Waals surface area contributed by atoms with E-state index in [0.29, 0.717) is 16.6 Å². The Balaban J connectivity index is 3.45. The van der Waals surface area contributed by atoms with Crippen molar-refractivity contribution in [1.82, 2.24) is 0 Å². The minimum absolute atomic E-state index is 0.669. The number of hydrogen-bond donors (Lipinski definition) is 0. The van der Waals surface area contributed by atoms with E-state index in [1.807, 2.05) is 0 Å². The highest BCUT2D eigenvalue weighted by Crippen LogP contribution is 2.41. The zero-order valence-corrected chi connectivity index (χ0v) is 22.7. The normalized spacial score (nSPS) is 11.9. The maximum atomic E-state index is 3.94. The summed E-state index contributed by atoms with van der Waals surface area (Å²) in [6.07, 6.45) is 4.95. The van der Waals surface area contributed by atoms with E-state index in [2.05, 4.69) is 113 Å². The van der Waals surface area contributed by atoms with E-state index < -0.39 is 8.07 Å². The summed E-state index contributed by atoms with van der Waals surface area (Å²) in [7, 11) is -1.72. The Morgan fingerprint density at radius 2 is 1.39 bits per heavy atom. The van der Waals surface area contributed by atoms with Crippen LogP contribution in [0.15, 0.2) is 18.2 Å². The van der Waals surface area contributed by atoms with E-state index in [4.69, 9.17) is 0 Å². The Hall–Kier alpha value is -0.473. The van der Waals surface area contributed by atoms with Crippen LogP contribution in [-0.2, 0) is 0 Å². The zero-order chi connectivity index (χ0) is 21.3. The first-order chi connectivity index (χ1) is 13.2. The molecular weight excluding hydrogens is 469 g/mol. The summed E-state index contributed by atoms with van der Waals surface area (Å²) in [5.74, 6) is 3.74. The van der Waals surface area contributed by atoms with Gasteiger partial charge >= 0.3 is 0 Å². The predicted octanol–water partition coefficient (Wildman–Crippen LogP) is 8.27. The Kier molecular flexibility index (Phi) is 11.2. The van der Waals surface area contributed by atoms with Gasteiger partial charge in [-0.25, -0.2) is 0 Å². The number of unbranched alkanes of at least 4 members (excludes halogenated alkanes) is 2. The third-order valence-corrected chi connectivity index (χ3v) is 13.1. The van der Waals surface area contributed by atoms with Gasteiger partial charge < -0.3 is 4.90 Å². The molecule has 0 unspecified atom stereocenters. The van der Waals surface area contributed by atoms with Crippen LogP contribution in [0, 0.1) is 15.0 Å². The molecule has 0 saturated carbocycles. The fourth-order valence-electron chi connectivity index (χ4n) is 4.54. The van der Waals surface area contributed by atoms with E-state index in [1.54, 1.807) is 0 Å². The van der Waals surface area contributed by atoms with Gasteiger partial charge in [0, 0.05) is 22.2 Å². The van der Waals surface area contributed by atoms with Crippen molar-refractivity contribution in [2.75, 3.05) is 18.0 Å². The van der Waals surface area contributed by atoms with Gasteiger partial charge in [0.1, 0.15) is 8.07 Å². The molecule has 0 aliphatic heterocycles. The summed E-state index contributed by atoms with van der Waals surface area (Å²) in [4.78, 5) is 2.58. The fourth-order valence-corrected chi connectivity index (χ4v) is 10.3. The Labute approximate surface area is 190 Å². The van der Waals surface area contributed by atoms with Gasteiger partial charge in [0.15, 0.2) is 0 Å². The molecule has 0 amide bonds. The summed E-state index contributed by atoms with van der Waals surface area (Å²) in [6.45, 7) is 21.2. The summed E-state index contributed by atoms with van der Waals surface area (Å²) in [5, 5.41) is 0. The second kappa shape index (κ2) is 12.3. The van der Waals surface area contributed by atoms with Crippen molar-refractivity contribution in [3.8, 4) is 11.5 Å². The first kappa shape index (κ1) is 25.6. The van der Waals surface area contributed by atoms with E-state index in [-0.39, 0.29) is 0 Å². The van der Waals surface area contributed by atoms with E-state index in [1.165, 1.54) is 40.5 Å². The summed E-state index contributed by atoms with van der Waals surface area (Å²) in [5.41, 5.74) is 8.52. The lowest BCUT2D eigenvalue weighted by molar-refractivity contribution is 0.677. The van der Waals surface area contributed by atoms with Gasteiger partial charge in [-0.2, -0.15) is 0 Å². The lowest BCUT2D eigenvalue weighted by atomic mass is 10.1. The molecule has 0 aromatic heterocycles. The molecule has 1 aromatic carbocycles. The van der Waals surface area contributed by atoms with E-state index >= 15 is 0 Å². The molecule has 0 aliphatic carbocycles. The third-order valence-electron chi connectivity index (χ3n) is 6.14. The predicted molar refractivity (Wildman–Crippen MR) is 139 cm³/mol. The number of hydrogen-bond acceptors (Lipinski definition) is 1. The van der Waals surface area contributed by atoms with E-state index in [0.717, 1.165) is 13.1 Å². The average molecular weight is 512 g/mol. The van der Waals surface area contributed by atoms with Crippen molar-refractivity contribution < 1.29 is 0 Å². The van der Waals surface area contributed by atoms with Crippen LogP contribution in [0.1, 0.15) is 86.6 Å². The van der Waals surface area contributed by atoms with Gasteiger partial charge in [0.2, 0.25) is 0 Å². The SMILES string of the molecule is CCCCN(CCCC)c1ccc(I)cc1C#C[Si](C(C)C)(C(C)C)C(C)C. The standard InChI is InChI=1S/C25H42INSi/c1-9-11-16-27(17-12-10-2)25-14-13-24(26)19-23(25)15-18-28(20(3)4,21(5)6)22(7)8/h13-14,19-22H,9-12,16-17H2,1-8H3. The smallest absolute Gasteiger partial charge is 0.146 e. The molecule has 0 saturated heterocycles. The third kappa shape index (κ3) is 6.52. The fraction of sp³-hybridized carbons (Fsp3) is 0.680. The Bertz CT molecular complexity index is 624. The van der Waals surface area contributed by atoms with Crippen LogP contribution in [0.3, 0.4) is 0 Å². The number of rotatable bonds is 10. The van der Waals surface area contributed by atoms with Crippen LogP contribution in [0.5, 0.6) is 0 Å². The van der Waals surface area contributed by atoms with Crippen molar-refractivity contribution in [1.29, 1.82) is 0 Å². The van der Waals surface area contributed by atoms with Crippen LogP contribution < -0.4 is 4.90 Å². The first-order valence-electron chi connectivity index (χ1n) is 11.3. The number of benzene rings is 1. The van der Waals surface area contributed by atoms with Gasteiger partial charge in [-0.15, -0.1) is 5.54 Å². The lowest BCUT2D eigenvalue weighted by Crippen LogP contribution is -2.43. The highest BCUT2D eigenvalue weighted by atomic mass is 127. The summed E-state index contributed by atoms with van der Waals surface area (Å²) < 4.78 is 1.28. The van der Waals surface area contributed by atoms with Crippen LogP contribution in [0.25, 0.3) is 0 Å². The van der Waals surface area contributed by atoms with Crippen molar-refractivity contribution in [3.63, 3.8) is 0 Å². The Morgan fingerprint density at radius 1 is 0.893 bits per heavy atom. The number of halogens is 1. The van der Waals surface area contributed by atoms with Gasteiger partial charge in [0.25, 0.3) is 0 Å². The molecule has 0 atom stereocenters. The zero-order valence-electron chi connectivity index (χ0n) is 19.5.